The summed E-state index contributed by atoms with van der Waals surface area (Å²) in [6.07, 6.45) is -0.937. The standard InChI is InChI=1S/C8H11NO3/c9-6-3-5(8(12)4-10)1-2-7(6)11/h1-3,8,10-12H,4,9H2. The van der Waals surface area contributed by atoms with Gasteiger partial charge in [-0.2, -0.15) is 0 Å². The highest BCUT2D eigenvalue weighted by molar-refractivity contribution is 5.53. The molecule has 0 fully saturated rings. The van der Waals surface area contributed by atoms with Gasteiger partial charge in [-0.1, -0.05) is 6.07 Å². The second-order valence-electron chi connectivity index (χ2n) is 2.52. The monoisotopic (exact) mass is 169 g/mol. The molecule has 0 radical (unpaired) electrons. The van der Waals surface area contributed by atoms with Crippen molar-refractivity contribution >= 4 is 5.69 Å². The van der Waals surface area contributed by atoms with Gasteiger partial charge in [0.05, 0.1) is 12.3 Å². The molecule has 0 aliphatic rings. The highest BCUT2D eigenvalue weighted by Crippen LogP contribution is 2.23. The smallest absolute Gasteiger partial charge is 0.138 e. The molecule has 4 nitrogen and oxygen atoms in total. The Morgan fingerprint density at radius 3 is 2.58 bits per heavy atom. The Kier molecular flexibility index (Phi) is 2.52. The highest BCUT2D eigenvalue weighted by atomic mass is 16.3. The fourth-order valence-electron chi connectivity index (χ4n) is 0.886. The number of aromatic hydroxyl groups is 1. The third-order valence-electron chi connectivity index (χ3n) is 1.61. The Morgan fingerprint density at radius 1 is 1.42 bits per heavy atom. The van der Waals surface area contributed by atoms with Crippen LogP contribution < -0.4 is 5.73 Å². The first-order valence-electron chi connectivity index (χ1n) is 3.52. The summed E-state index contributed by atoms with van der Waals surface area (Å²) in [4.78, 5) is 0. The van der Waals surface area contributed by atoms with Gasteiger partial charge in [0.2, 0.25) is 0 Å². The van der Waals surface area contributed by atoms with Crippen LogP contribution in [0.1, 0.15) is 11.7 Å². The quantitative estimate of drug-likeness (QED) is 0.371. The fourth-order valence-corrected chi connectivity index (χ4v) is 0.886. The summed E-state index contributed by atoms with van der Waals surface area (Å²) >= 11 is 0. The van der Waals surface area contributed by atoms with Gasteiger partial charge in [0.1, 0.15) is 11.9 Å². The van der Waals surface area contributed by atoms with Gasteiger partial charge in [-0.3, -0.25) is 0 Å². The molecule has 5 N–H and O–H groups in total. The topological polar surface area (TPSA) is 86.7 Å². The van der Waals surface area contributed by atoms with Crippen LogP contribution in [0.5, 0.6) is 5.75 Å². The Balaban J connectivity index is 2.96. The second-order valence-corrected chi connectivity index (χ2v) is 2.52. The van der Waals surface area contributed by atoms with E-state index in [-0.39, 0.29) is 18.0 Å². The van der Waals surface area contributed by atoms with E-state index in [1.54, 1.807) is 0 Å². The maximum Gasteiger partial charge on any atom is 0.138 e. The van der Waals surface area contributed by atoms with E-state index < -0.39 is 6.10 Å². The minimum Gasteiger partial charge on any atom is -0.506 e. The van der Waals surface area contributed by atoms with E-state index in [1.165, 1.54) is 18.2 Å². The van der Waals surface area contributed by atoms with Crippen LogP contribution in [-0.2, 0) is 0 Å². The summed E-state index contributed by atoms with van der Waals surface area (Å²) in [6.45, 7) is -0.357. The van der Waals surface area contributed by atoms with Crippen molar-refractivity contribution in [1.82, 2.24) is 0 Å². The molecule has 0 amide bonds. The Hall–Kier alpha value is -1.26. The van der Waals surface area contributed by atoms with Crippen LogP contribution in [0, 0.1) is 0 Å². The van der Waals surface area contributed by atoms with Crippen molar-refractivity contribution < 1.29 is 15.3 Å². The van der Waals surface area contributed by atoms with Gasteiger partial charge in [0.25, 0.3) is 0 Å². The zero-order chi connectivity index (χ0) is 9.14. The molecule has 4 heteroatoms. The third-order valence-corrected chi connectivity index (χ3v) is 1.61. The lowest BCUT2D eigenvalue weighted by atomic mass is 10.1. The predicted octanol–water partition coefficient (Wildman–Crippen LogP) is 0.000100. The summed E-state index contributed by atoms with van der Waals surface area (Å²) in [6, 6.07) is 4.31. The molecule has 0 aromatic heterocycles. The van der Waals surface area contributed by atoms with Gasteiger partial charge < -0.3 is 21.1 Å². The van der Waals surface area contributed by atoms with Crippen molar-refractivity contribution in [2.75, 3.05) is 12.3 Å². The summed E-state index contributed by atoms with van der Waals surface area (Å²) < 4.78 is 0. The number of rotatable bonds is 2. The lowest BCUT2D eigenvalue weighted by Gasteiger charge is -2.08. The van der Waals surface area contributed by atoms with Crippen molar-refractivity contribution in [3.63, 3.8) is 0 Å². The van der Waals surface area contributed by atoms with Gasteiger partial charge in [0.15, 0.2) is 0 Å². The first-order valence-corrected chi connectivity index (χ1v) is 3.52. The molecule has 0 aliphatic carbocycles. The van der Waals surface area contributed by atoms with Gasteiger partial charge >= 0.3 is 0 Å². The molecule has 1 aromatic carbocycles. The van der Waals surface area contributed by atoms with Crippen LogP contribution in [0.15, 0.2) is 18.2 Å². The number of aliphatic hydroxyl groups is 2. The van der Waals surface area contributed by atoms with Crippen LogP contribution in [-0.4, -0.2) is 21.9 Å². The minimum absolute atomic E-state index is 0.0242. The molecule has 0 aliphatic heterocycles. The number of hydrogen-bond donors (Lipinski definition) is 4. The predicted molar refractivity (Wildman–Crippen MR) is 44.6 cm³/mol. The van der Waals surface area contributed by atoms with Crippen molar-refractivity contribution in [2.45, 2.75) is 6.10 Å². The van der Waals surface area contributed by atoms with E-state index >= 15 is 0 Å². The Morgan fingerprint density at radius 2 is 2.08 bits per heavy atom. The Labute approximate surface area is 69.9 Å². The fraction of sp³-hybridized carbons (Fsp3) is 0.250. The summed E-state index contributed by atoms with van der Waals surface area (Å²) in [5.41, 5.74) is 6.06. The van der Waals surface area contributed by atoms with Crippen LogP contribution >= 0.6 is 0 Å². The zero-order valence-corrected chi connectivity index (χ0v) is 6.44. The molecular formula is C8H11NO3. The zero-order valence-electron chi connectivity index (χ0n) is 6.44. The summed E-state index contributed by atoms with van der Waals surface area (Å²) in [5, 5.41) is 26.8. The van der Waals surface area contributed by atoms with Gasteiger partial charge in [-0.05, 0) is 17.7 Å². The number of nitrogens with two attached hydrogens (primary N) is 1. The lowest BCUT2D eigenvalue weighted by molar-refractivity contribution is 0.0956. The Bertz CT molecular complexity index is 275. The van der Waals surface area contributed by atoms with Crippen LogP contribution in [0.3, 0.4) is 0 Å². The molecule has 1 unspecified atom stereocenters. The summed E-state index contributed by atoms with van der Waals surface area (Å²) in [7, 11) is 0. The molecule has 1 rings (SSSR count). The largest absolute Gasteiger partial charge is 0.506 e. The molecule has 0 bridgehead atoms. The first kappa shape index (κ1) is 8.83. The van der Waals surface area contributed by atoms with Gasteiger partial charge in [-0.25, -0.2) is 0 Å². The normalized spacial score (nSPS) is 12.8. The van der Waals surface area contributed by atoms with Gasteiger partial charge in [0, 0.05) is 0 Å². The number of benzene rings is 1. The third kappa shape index (κ3) is 1.66. The van der Waals surface area contributed by atoms with E-state index in [0.29, 0.717) is 5.56 Å². The van der Waals surface area contributed by atoms with E-state index in [9.17, 15) is 0 Å². The van der Waals surface area contributed by atoms with Crippen molar-refractivity contribution in [2.24, 2.45) is 0 Å². The average Bonchev–Trinajstić information content (AvgIpc) is 2.08. The highest BCUT2D eigenvalue weighted by Gasteiger charge is 2.06. The number of hydrogen-bond acceptors (Lipinski definition) is 4. The molecule has 0 saturated carbocycles. The molecule has 0 heterocycles. The van der Waals surface area contributed by atoms with Crippen molar-refractivity contribution in [1.29, 1.82) is 0 Å². The lowest BCUT2D eigenvalue weighted by Crippen LogP contribution is -2.02. The van der Waals surface area contributed by atoms with Crippen molar-refractivity contribution in [3.8, 4) is 5.75 Å². The number of nitrogen functional groups attached to an aromatic ring is 1. The van der Waals surface area contributed by atoms with E-state index in [0.717, 1.165) is 0 Å². The minimum atomic E-state index is -0.937. The molecular weight excluding hydrogens is 158 g/mol. The second kappa shape index (κ2) is 3.42. The van der Waals surface area contributed by atoms with E-state index in [2.05, 4.69) is 0 Å². The molecule has 0 spiro atoms. The molecule has 66 valence electrons. The molecule has 1 aromatic rings. The number of phenolic OH excluding ortho intramolecular Hbond substituents is 1. The maximum absolute atomic E-state index is 9.16. The van der Waals surface area contributed by atoms with Crippen LogP contribution in [0.2, 0.25) is 0 Å². The van der Waals surface area contributed by atoms with E-state index in [4.69, 9.17) is 21.1 Å². The number of phenols is 1. The number of aliphatic hydroxyl groups excluding tert-OH is 2. The van der Waals surface area contributed by atoms with Crippen molar-refractivity contribution in [3.05, 3.63) is 23.8 Å². The molecule has 0 saturated heterocycles. The SMILES string of the molecule is Nc1cc(C(O)CO)ccc1O. The van der Waals surface area contributed by atoms with E-state index in [1.807, 2.05) is 0 Å². The maximum atomic E-state index is 9.16. The number of anilines is 1. The average molecular weight is 169 g/mol. The van der Waals surface area contributed by atoms with Crippen LogP contribution in [0.25, 0.3) is 0 Å². The molecule has 1 atom stereocenters. The molecule has 12 heavy (non-hydrogen) atoms. The van der Waals surface area contributed by atoms with Gasteiger partial charge in [-0.15, -0.1) is 0 Å². The van der Waals surface area contributed by atoms with Crippen LogP contribution in [0.4, 0.5) is 5.69 Å². The summed E-state index contributed by atoms with van der Waals surface area (Å²) in [5.74, 6) is -0.0242. The first-order chi connectivity index (χ1) is 5.65.